The summed E-state index contributed by atoms with van der Waals surface area (Å²) in [6, 6.07) is 3.59. The molecule has 0 atom stereocenters. The molecule has 1 N–H and O–H groups in total. The number of pyridine rings is 1. The molecule has 5 nitrogen and oxygen atoms in total. The molecule has 0 aromatic carbocycles. The zero-order valence-electron chi connectivity index (χ0n) is 9.21. The minimum absolute atomic E-state index is 0.0880. The van der Waals surface area contributed by atoms with Crippen LogP contribution in [0.25, 0.3) is 0 Å². The van der Waals surface area contributed by atoms with E-state index in [0.717, 1.165) is 5.69 Å². The lowest BCUT2D eigenvalue weighted by atomic mass is 10.3. The van der Waals surface area contributed by atoms with Crippen molar-refractivity contribution in [3.8, 4) is 11.6 Å². The molecule has 2 rings (SSSR count). The van der Waals surface area contributed by atoms with Crippen LogP contribution in [-0.4, -0.2) is 19.9 Å². The first-order chi connectivity index (χ1) is 7.72. The van der Waals surface area contributed by atoms with Gasteiger partial charge < -0.3 is 9.84 Å². The Kier molecular flexibility index (Phi) is 2.87. The van der Waals surface area contributed by atoms with E-state index in [1.165, 1.54) is 0 Å². The van der Waals surface area contributed by atoms with Gasteiger partial charge in [0.25, 0.3) is 0 Å². The molecule has 0 amide bonds. The number of ether oxygens (including phenoxy) is 1. The van der Waals surface area contributed by atoms with Crippen molar-refractivity contribution >= 4 is 0 Å². The number of hydrogen-bond donors (Lipinski definition) is 1. The topological polar surface area (TPSA) is 60.2 Å². The van der Waals surface area contributed by atoms with Crippen molar-refractivity contribution in [3.05, 3.63) is 35.8 Å². The third-order valence-corrected chi connectivity index (χ3v) is 2.30. The first kappa shape index (κ1) is 10.6. The van der Waals surface area contributed by atoms with Crippen LogP contribution in [0.15, 0.2) is 24.5 Å². The summed E-state index contributed by atoms with van der Waals surface area (Å²) in [7, 11) is 1.78. The van der Waals surface area contributed by atoms with Gasteiger partial charge in [-0.2, -0.15) is 5.10 Å². The Morgan fingerprint density at radius 2 is 2.31 bits per heavy atom. The van der Waals surface area contributed by atoms with Crippen LogP contribution >= 0.6 is 0 Å². The van der Waals surface area contributed by atoms with E-state index >= 15 is 0 Å². The molecule has 16 heavy (non-hydrogen) atoms. The maximum Gasteiger partial charge on any atom is 0.223 e. The summed E-state index contributed by atoms with van der Waals surface area (Å²) in [5.74, 6) is 1.17. The van der Waals surface area contributed by atoms with Crippen LogP contribution in [0, 0.1) is 6.92 Å². The zero-order valence-corrected chi connectivity index (χ0v) is 9.21. The largest absolute Gasteiger partial charge is 0.437 e. The molecule has 0 saturated heterocycles. The monoisotopic (exact) mass is 219 g/mol. The molecular weight excluding hydrogens is 206 g/mol. The molecule has 0 fully saturated rings. The van der Waals surface area contributed by atoms with E-state index in [9.17, 15) is 5.11 Å². The van der Waals surface area contributed by atoms with Gasteiger partial charge in [0.1, 0.15) is 5.75 Å². The highest BCUT2D eigenvalue weighted by atomic mass is 16.5. The summed E-state index contributed by atoms with van der Waals surface area (Å²) in [6.07, 6.45) is 3.29. The average molecular weight is 219 g/mol. The van der Waals surface area contributed by atoms with E-state index in [2.05, 4.69) is 10.1 Å². The van der Waals surface area contributed by atoms with Gasteiger partial charge in [-0.1, -0.05) is 0 Å². The lowest BCUT2D eigenvalue weighted by Gasteiger charge is -2.06. The second-order valence-corrected chi connectivity index (χ2v) is 3.44. The fraction of sp³-hybridized carbons (Fsp3) is 0.273. The van der Waals surface area contributed by atoms with Crippen molar-refractivity contribution in [1.29, 1.82) is 0 Å². The lowest BCUT2D eigenvalue weighted by Crippen LogP contribution is -1.97. The highest BCUT2D eigenvalue weighted by Gasteiger charge is 2.14. The number of aliphatic hydroxyl groups is 1. The van der Waals surface area contributed by atoms with Crippen LogP contribution in [0.1, 0.15) is 11.3 Å². The van der Waals surface area contributed by atoms with Gasteiger partial charge in [0.05, 0.1) is 24.1 Å². The van der Waals surface area contributed by atoms with Crippen molar-refractivity contribution in [3.63, 3.8) is 0 Å². The summed E-state index contributed by atoms with van der Waals surface area (Å²) < 4.78 is 7.24. The van der Waals surface area contributed by atoms with Gasteiger partial charge >= 0.3 is 0 Å². The van der Waals surface area contributed by atoms with Crippen molar-refractivity contribution in [2.75, 3.05) is 0 Å². The molecule has 0 spiro atoms. The highest BCUT2D eigenvalue weighted by molar-refractivity contribution is 5.34. The predicted octanol–water partition coefficient (Wildman–Crippen LogP) is 1.41. The van der Waals surface area contributed by atoms with Crippen LogP contribution in [0.5, 0.6) is 11.6 Å². The van der Waals surface area contributed by atoms with Gasteiger partial charge in [0.2, 0.25) is 5.88 Å². The molecule has 2 heterocycles. The summed E-state index contributed by atoms with van der Waals surface area (Å²) in [5, 5.41) is 13.4. The summed E-state index contributed by atoms with van der Waals surface area (Å²) in [5.41, 5.74) is 1.47. The maximum atomic E-state index is 9.24. The molecule has 0 saturated carbocycles. The molecule has 0 bridgehead atoms. The van der Waals surface area contributed by atoms with Gasteiger partial charge in [0.15, 0.2) is 0 Å². The molecule has 0 aliphatic heterocycles. The zero-order chi connectivity index (χ0) is 11.5. The molecule has 84 valence electrons. The van der Waals surface area contributed by atoms with Crippen LogP contribution in [0.2, 0.25) is 0 Å². The number of hydrogen-bond acceptors (Lipinski definition) is 4. The number of aromatic nitrogens is 3. The second kappa shape index (κ2) is 4.32. The van der Waals surface area contributed by atoms with Crippen LogP contribution in [0.4, 0.5) is 0 Å². The maximum absolute atomic E-state index is 9.24. The third-order valence-electron chi connectivity index (χ3n) is 2.30. The second-order valence-electron chi connectivity index (χ2n) is 3.44. The number of rotatable bonds is 3. The Hall–Kier alpha value is -1.88. The Balaban J connectivity index is 2.34. The van der Waals surface area contributed by atoms with Crippen LogP contribution in [0.3, 0.4) is 0 Å². The summed E-state index contributed by atoms with van der Waals surface area (Å²) in [4.78, 5) is 3.96. The normalized spacial score (nSPS) is 10.4. The average Bonchev–Trinajstić information content (AvgIpc) is 2.55. The first-order valence-corrected chi connectivity index (χ1v) is 4.93. The number of aliphatic hydroxyl groups excluding tert-OH is 1. The van der Waals surface area contributed by atoms with Crippen LogP contribution < -0.4 is 4.74 Å². The molecule has 0 aliphatic rings. The number of aryl methyl sites for hydroxylation is 2. The van der Waals surface area contributed by atoms with Gasteiger partial charge in [-0.3, -0.25) is 4.98 Å². The van der Waals surface area contributed by atoms with Gasteiger partial charge in [0, 0.05) is 13.2 Å². The van der Waals surface area contributed by atoms with Crippen molar-refractivity contribution in [2.24, 2.45) is 7.05 Å². The quantitative estimate of drug-likeness (QED) is 0.847. The van der Waals surface area contributed by atoms with Gasteiger partial charge in [-0.15, -0.1) is 0 Å². The van der Waals surface area contributed by atoms with E-state index in [0.29, 0.717) is 17.2 Å². The van der Waals surface area contributed by atoms with Gasteiger partial charge in [-0.25, -0.2) is 4.68 Å². The Bertz CT molecular complexity index is 479. The SMILES string of the molecule is Cc1nn(C)c(Oc2cccnc2)c1CO. The molecule has 2 aromatic rings. The van der Waals surface area contributed by atoms with E-state index in [4.69, 9.17) is 4.74 Å². The lowest BCUT2D eigenvalue weighted by molar-refractivity contribution is 0.274. The van der Waals surface area contributed by atoms with Gasteiger partial charge in [-0.05, 0) is 19.1 Å². The van der Waals surface area contributed by atoms with Crippen molar-refractivity contribution < 1.29 is 9.84 Å². The summed E-state index contributed by atoms with van der Waals surface area (Å²) >= 11 is 0. The minimum atomic E-state index is -0.0880. The van der Waals surface area contributed by atoms with Crippen LogP contribution in [-0.2, 0) is 13.7 Å². The van der Waals surface area contributed by atoms with E-state index in [1.54, 1.807) is 36.3 Å². The molecule has 2 aromatic heterocycles. The van der Waals surface area contributed by atoms with E-state index in [1.807, 2.05) is 6.92 Å². The third kappa shape index (κ3) is 1.90. The van der Waals surface area contributed by atoms with E-state index in [-0.39, 0.29) is 6.61 Å². The Morgan fingerprint density at radius 1 is 1.50 bits per heavy atom. The highest BCUT2D eigenvalue weighted by Crippen LogP contribution is 2.26. The Labute approximate surface area is 93.3 Å². The molecule has 0 aliphatic carbocycles. The molecular formula is C11H13N3O2. The predicted molar refractivity (Wildman–Crippen MR) is 58.2 cm³/mol. The molecule has 5 heteroatoms. The summed E-state index contributed by atoms with van der Waals surface area (Å²) in [6.45, 7) is 1.75. The smallest absolute Gasteiger partial charge is 0.223 e. The standard InChI is InChI=1S/C11H13N3O2/c1-8-10(7-15)11(14(2)13-8)16-9-4-3-5-12-6-9/h3-6,15H,7H2,1-2H3. The fourth-order valence-corrected chi connectivity index (χ4v) is 1.51. The minimum Gasteiger partial charge on any atom is -0.437 e. The van der Waals surface area contributed by atoms with E-state index < -0.39 is 0 Å². The molecule has 0 radical (unpaired) electrons. The van der Waals surface area contributed by atoms with Crippen molar-refractivity contribution in [2.45, 2.75) is 13.5 Å². The number of nitrogens with zero attached hydrogens (tertiary/aromatic N) is 3. The first-order valence-electron chi connectivity index (χ1n) is 4.93. The Morgan fingerprint density at radius 3 is 2.94 bits per heavy atom. The fourth-order valence-electron chi connectivity index (χ4n) is 1.51. The molecule has 0 unspecified atom stereocenters. The van der Waals surface area contributed by atoms with Crippen molar-refractivity contribution in [1.82, 2.24) is 14.8 Å².